The van der Waals surface area contributed by atoms with E-state index < -0.39 is 0 Å². The molecule has 1 unspecified atom stereocenters. The third kappa shape index (κ3) is 2.95. The molecule has 0 aliphatic carbocycles. The highest BCUT2D eigenvalue weighted by Crippen LogP contribution is 2.38. The van der Waals surface area contributed by atoms with Crippen LogP contribution in [0, 0.1) is 19.7 Å². The molecule has 2 rings (SSSR count). The number of nitrogens with one attached hydrogen (secondary N) is 1. The third-order valence-corrected chi connectivity index (χ3v) is 4.57. The summed E-state index contributed by atoms with van der Waals surface area (Å²) in [5.74, 6) is -0.227. The Morgan fingerprint density at radius 2 is 1.89 bits per heavy atom. The summed E-state index contributed by atoms with van der Waals surface area (Å²) in [5, 5.41) is 3.11. The Balaban J connectivity index is 2.57. The van der Waals surface area contributed by atoms with E-state index in [0.717, 1.165) is 16.7 Å². The van der Waals surface area contributed by atoms with Crippen LogP contribution in [0.1, 0.15) is 28.3 Å². The molecule has 102 valence electrons. The summed E-state index contributed by atoms with van der Waals surface area (Å²) in [6.45, 7) is 3.78. The molecule has 0 radical (unpaired) electrons. The van der Waals surface area contributed by atoms with Crippen LogP contribution in [0.2, 0.25) is 8.67 Å². The van der Waals surface area contributed by atoms with Gasteiger partial charge in [-0.15, -0.1) is 11.3 Å². The van der Waals surface area contributed by atoms with E-state index in [1.54, 1.807) is 13.1 Å². The molecule has 1 atom stereocenters. The molecule has 1 aromatic heterocycles. The summed E-state index contributed by atoms with van der Waals surface area (Å²) in [6.07, 6.45) is 0. The number of hydrogen-bond donors (Lipinski definition) is 1. The van der Waals surface area contributed by atoms with Crippen LogP contribution in [0.25, 0.3) is 0 Å². The molecule has 0 spiro atoms. The van der Waals surface area contributed by atoms with E-state index in [-0.39, 0.29) is 11.9 Å². The molecule has 19 heavy (non-hydrogen) atoms. The highest BCUT2D eigenvalue weighted by molar-refractivity contribution is 7.20. The third-order valence-electron chi connectivity index (χ3n) is 3.05. The second-order valence-corrected chi connectivity index (χ2v) is 6.76. The van der Waals surface area contributed by atoms with E-state index in [4.69, 9.17) is 23.2 Å². The van der Waals surface area contributed by atoms with Crippen molar-refractivity contribution in [3.05, 3.63) is 54.9 Å². The Bertz CT molecular complexity index is 586. The van der Waals surface area contributed by atoms with Gasteiger partial charge < -0.3 is 5.32 Å². The molecule has 2 aromatic rings. The maximum absolute atomic E-state index is 14.3. The average Bonchev–Trinajstić information content (AvgIpc) is 2.62. The number of halogens is 3. The summed E-state index contributed by atoms with van der Waals surface area (Å²) >= 11 is 13.4. The van der Waals surface area contributed by atoms with E-state index >= 15 is 0 Å². The van der Waals surface area contributed by atoms with Crippen LogP contribution in [0.4, 0.5) is 4.39 Å². The monoisotopic (exact) mass is 317 g/mol. The first-order valence-corrected chi connectivity index (χ1v) is 7.40. The first-order chi connectivity index (χ1) is 8.93. The zero-order valence-corrected chi connectivity index (χ0v) is 13.2. The molecule has 1 N–H and O–H groups in total. The van der Waals surface area contributed by atoms with Gasteiger partial charge in [0, 0.05) is 11.1 Å². The second-order valence-electron chi connectivity index (χ2n) is 4.48. The lowest BCUT2D eigenvalue weighted by Gasteiger charge is -2.20. The van der Waals surface area contributed by atoms with Crippen molar-refractivity contribution in [2.24, 2.45) is 0 Å². The van der Waals surface area contributed by atoms with Gasteiger partial charge in [0.25, 0.3) is 0 Å². The summed E-state index contributed by atoms with van der Waals surface area (Å²) < 4.78 is 15.4. The largest absolute Gasteiger partial charge is 0.309 e. The highest BCUT2D eigenvalue weighted by Gasteiger charge is 2.22. The molecule has 1 heterocycles. The molecule has 0 aliphatic heterocycles. The van der Waals surface area contributed by atoms with Crippen molar-refractivity contribution in [2.75, 3.05) is 7.05 Å². The zero-order chi connectivity index (χ0) is 14.2. The molecular formula is C14H14Cl2FNS. The molecule has 0 saturated heterocycles. The number of aryl methyl sites for hydroxylation is 2. The lowest BCUT2D eigenvalue weighted by atomic mass is 9.95. The molecule has 0 amide bonds. The van der Waals surface area contributed by atoms with Crippen LogP contribution >= 0.6 is 34.5 Å². The van der Waals surface area contributed by atoms with Crippen LogP contribution < -0.4 is 5.32 Å². The molecule has 0 fully saturated rings. The van der Waals surface area contributed by atoms with Gasteiger partial charge in [-0.1, -0.05) is 29.3 Å². The van der Waals surface area contributed by atoms with Crippen LogP contribution in [-0.2, 0) is 0 Å². The average molecular weight is 318 g/mol. The summed E-state index contributed by atoms with van der Waals surface area (Å²) in [7, 11) is 1.78. The standard InChI is InChI=1S/C14H14Cl2FNS/c1-7-4-8(2)12(10(17)5-7)13(18-3)9-6-11(15)19-14(9)16/h4-6,13,18H,1-3H3. The summed E-state index contributed by atoms with van der Waals surface area (Å²) in [6, 6.07) is 4.99. The number of thiophene rings is 1. The minimum atomic E-state index is -0.295. The Morgan fingerprint density at radius 1 is 1.21 bits per heavy atom. The van der Waals surface area contributed by atoms with Crippen molar-refractivity contribution in [2.45, 2.75) is 19.9 Å². The molecule has 0 aliphatic rings. The topological polar surface area (TPSA) is 12.0 Å². The SMILES string of the molecule is CNC(c1cc(Cl)sc1Cl)c1c(C)cc(C)cc1F. The van der Waals surface area contributed by atoms with Gasteiger partial charge in [0.15, 0.2) is 0 Å². The van der Waals surface area contributed by atoms with Gasteiger partial charge in [0.1, 0.15) is 5.82 Å². The number of rotatable bonds is 3. The Morgan fingerprint density at radius 3 is 2.37 bits per heavy atom. The van der Waals surface area contributed by atoms with Gasteiger partial charge in [-0.3, -0.25) is 0 Å². The van der Waals surface area contributed by atoms with E-state index in [0.29, 0.717) is 14.2 Å². The van der Waals surface area contributed by atoms with Crippen molar-refractivity contribution >= 4 is 34.5 Å². The van der Waals surface area contributed by atoms with E-state index in [2.05, 4.69) is 5.32 Å². The fourth-order valence-electron chi connectivity index (χ4n) is 2.30. The predicted octanol–water partition coefficient (Wildman–Crippen LogP) is 5.12. The van der Waals surface area contributed by atoms with Gasteiger partial charge in [-0.25, -0.2) is 4.39 Å². The maximum atomic E-state index is 14.3. The van der Waals surface area contributed by atoms with Gasteiger partial charge in [0.2, 0.25) is 0 Å². The quantitative estimate of drug-likeness (QED) is 0.828. The van der Waals surface area contributed by atoms with Crippen molar-refractivity contribution in [1.29, 1.82) is 0 Å². The Labute approximate surface area is 126 Å². The molecule has 5 heteroatoms. The molecule has 0 bridgehead atoms. The molecule has 1 aromatic carbocycles. The van der Waals surface area contributed by atoms with E-state index in [9.17, 15) is 4.39 Å². The second kappa shape index (κ2) is 5.80. The lowest BCUT2D eigenvalue weighted by Crippen LogP contribution is -2.20. The van der Waals surface area contributed by atoms with Crippen molar-refractivity contribution in [3.63, 3.8) is 0 Å². The van der Waals surface area contributed by atoms with Gasteiger partial charge >= 0.3 is 0 Å². The van der Waals surface area contributed by atoms with E-state index in [1.165, 1.54) is 17.4 Å². The highest BCUT2D eigenvalue weighted by atomic mass is 35.5. The predicted molar refractivity (Wildman–Crippen MR) is 81.1 cm³/mol. The minimum absolute atomic E-state index is 0.227. The van der Waals surface area contributed by atoms with Crippen LogP contribution in [0.3, 0.4) is 0 Å². The smallest absolute Gasteiger partial charge is 0.128 e. The number of benzene rings is 1. The maximum Gasteiger partial charge on any atom is 0.128 e. The molecule has 1 nitrogen and oxygen atoms in total. The first kappa shape index (κ1) is 14.8. The minimum Gasteiger partial charge on any atom is -0.309 e. The fraction of sp³-hybridized carbons (Fsp3) is 0.286. The first-order valence-electron chi connectivity index (χ1n) is 5.82. The lowest BCUT2D eigenvalue weighted by molar-refractivity contribution is 0.573. The van der Waals surface area contributed by atoms with Gasteiger partial charge in [-0.05, 0) is 44.2 Å². The summed E-state index contributed by atoms with van der Waals surface area (Å²) in [4.78, 5) is 0. The fourth-order valence-corrected chi connectivity index (χ4v) is 3.83. The van der Waals surface area contributed by atoms with E-state index in [1.807, 2.05) is 19.9 Å². The Hall–Kier alpha value is -0.610. The van der Waals surface area contributed by atoms with Crippen LogP contribution in [-0.4, -0.2) is 7.05 Å². The van der Waals surface area contributed by atoms with Gasteiger partial charge in [-0.2, -0.15) is 0 Å². The van der Waals surface area contributed by atoms with Crippen molar-refractivity contribution in [1.82, 2.24) is 5.32 Å². The molecule has 0 saturated carbocycles. The Kier molecular flexibility index (Phi) is 4.51. The zero-order valence-electron chi connectivity index (χ0n) is 10.9. The normalized spacial score (nSPS) is 12.7. The molecular weight excluding hydrogens is 304 g/mol. The van der Waals surface area contributed by atoms with Crippen molar-refractivity contribution in [3.8, 4) is 0 Å². The van der Waals surface area contributed by atoms with Gasteiger partial charge in [0.05, 0.1) is 14.7 Å². The number of hydrogen-bond acceptors (Lipinski definition) is 2. The van der Waals surface area contributed by atoms with Crippen LogP contribution in [0.15, 0.2) is 18.2 Å². The van der Waals surface area contributed by atoms with Crippen LogP contribution in [0.5, 0.6) is 0 Å². The van der Waals surface area contributed by atoms with Crippen molar-refractivity contribution < 1.29 is 4.39 Å². The summed E-state index contributed by atoms with van der Waals surface area (Å²) in [5.41, 5.74) is 3.23.